The van der Waals surface area contributed by atoms with Gasteiger partial charge in [-0.15, -0.1) is 0 Å². The topological polar surface area (TPSA) is 58.0 Å². The molecular weight excluding hydrogens is 242 g/mol. The fourth-order valence-electron chi connectivity index (χ4n) is 0.987. The molecular formula is C10H19N3OS2. The fraction of sp³-hybridized carbons (Fsp3) is 0.800. The van der Waals surface area contributed by atoms with Crippen LogP contribution in [0.4, 0.5) is 0 Å². The number of hydrogen-bond acceptors (Lipinski definition) is 6. The van der Waals surface area contributed by atoms with Gasteiger partial charge in [0.25, 0.3) is 0 Å². The molecule has 4 nitrogen and oxygen atoms in total. The summed E-state index contributed by atoms with van der Waals surface area (Å²) in [6.45, 7) is 8.73. The normalized spacial score (nSPS) is 14.1. The smallest absolute Gasteiger partial charge is 0.170 e. The molecule has 0 aromatic carbocycles. The van der Waals surface area contributed by atoms with Crippen LogP contribution in [0.25, 0.3) is 0 Å². The van der Waals surface area contributed by atoms with E-state index < -0.39 is 0 Å². The van der Waals surface area contributed by atoms with Crippen LogP contribution in [0, 0.1) is 6.92 Å². The number of rotatable bonds is 5. The largest absolute Gasteiger partial charge is 0.391 e. The molecule has 0 aliphatic heterocycles. The van der Waals surface area contributed by atoms with Crippen molar-refractivity contribution < 1.29 is 5.11 Å². The number of aliphatic hydroxyl groups excluding tert-OH is 1. The highest BCUT2D eigenvalue weighted by Gasteiger charge is 2.13. The molecule has 1 atom stereocenters. The first-order chi connectivity index (χ1) is 7.37. The van der Waals surface area contributed by atoms with Crippen molar-refractivity contribution in [2.75, 3.05) is 12.3 Å². The van der Waals surface area contributed by atoms with Crippen LogP contribution in [-0.4, -0.2) is 38.4 Å². The van der Waals surface area contributed by atoms with Gasteiger partial charge in [-0.25, -0.2) is 4.98 Å². The summed E-state index contributed by atoms with van der Waals surface area (Å²) in [5.41, 5.74) is 0.0466. The molecule has 92 valence electrons. The van der Waals surface area contributed by atoms with E-state index in [0.717, 1.165) is 10.2 Å². The van der Waals surface area contributed by atoms with E-state index in [0.29, 0.717) is 12.3 Å². The summed E-state index contributed by atoms with van der Waals surface area (Å²) in [5, 5.41) is 13.0. The lowest BCUT2D eigenvalue weighted by molar-refractivity contribution is 0.183. The van der Waals surface area contributed by atoms with Gasteiger partial charge in [0.05, 0.1) is 6.10 Å². The van der Waals surface area contributed by atoms with Gasteiger partial charge in [-0.2, -0.15) is 4.37 Å². The SMILES string of the molecule is Cc1nsc(SCC(O)CNC(C)(C)C)n1. The van der Waals surface area contributed by atoms with Gasteiger partial charge in [-0.05, 0) is 39.2 Å². The molecule has 16 heavy (non-hydrogen) atoms. The molecule has 1 heterocycles. The van der Waals surface area contributed by atoms with Gasteiger partial charge >= 0.3 is 0 Å². The molecule has 1 aromatic heterocycles. The average Bonchev–Trinajstić information content (AvgIpc) is 2.57. The quantitative estimate of drug-likeness (QED) is 0.790. The minimum absolute atomic E-state index is 0.0466. The van der Waals surface area contributed by atoms with Crippen LogP contribution >= 0.6 is 23.3 Å². The third-order valence-corrected chi connectivity index (χ3v) is 3.85. The van der Waals surface area contributed by atoms with E-state index in [9.17, 15) is 5.11 Å². The molecule has 2 N–H and O–H groups in total. The van der Waals surface area contributed by atoms with E-state index in [2.05, 4.69) is 35.4 Å². The molecule has 0 amide bonds. The van der Waals surface area contributed by atoms with Gasteiger partial charge in [0.15, 0.2) is 4.34 Å². The van der Waals surface area contributed by atoms with Crippen molar-refractivity contribution in [3.63, 3.8) is 0 Å². The van der Waals surface area contributed by atoms with E-state index in [4.69, 9.17) is 0 Å². The van der Waals surface area contributed by atoms with E-state index in [1.165, 1.54) is 11.5 Å². The number of hydrogen-bond donors (Lipinski definition) is 2. The number of aliphatic hydroxyl groups is 1. The standard InChI is InChI=1S/C10H19N3OS2/c1-7-12-9(16-13-7)15-6-8(14)5-11-10(2,3)4/h8,11,14H,5-6H2,1-4H3. The van der Waals surface area contributed by atoms with E-state index in [1.807, 2.05) is 6.92 Å². The molecule has 1 unspecified atom stereocenters. The van der Waals surface area contributed by atoms with E-state index >= 15 is 0 Å². The summed E-state index contributed by atoms with van der Waals surface area (Å²) in [6, 6.07) is 0. The van der Waals surface area contributed by atoms with Crippen molar-refractivity contribution in [1.82, 2.24) is 14.7 Å². The highest BCUT2D eigenvalue weighted by molar-refractivity contribution is 8.00. The highest BCUT2D eigenvalue weighted by Crippen LogP contribution is 2.20. The fourth-order valence-corrected chi connectivity index (χ4v) is 2.59. The third-order valence-electron chi connectivity index (χ3n) is 1.78. The number of thioether (sulfide) groups is 1. The second-order valence-corrected chi connectivity index (χ2v) is 6.72. The van der Waals surface area contributed by atoms with Crippen molar-refractivity contribution in [2.45, 2.75) is 43.7 Å². The van der Waals surface area contributed by atoms with Crippen molar-refractivity contribution in [1.29, 1.82) is 0 Å². The summed E-state index contributed by atoms with van der Waals surface area (Å²) in [4.78, 5) is 4.23. The summed E-state index contributed by atoms with van der Waals surface area (Å²) in [5.74, 6) is 1.45. The van der Waals surface area contributed by atoms with Gasteiger partial charge in [0.1, 0.15) is 5.82 Å². The Morgan fingerprint density at radius 2 is 2.19 bits per heavy atom. The van der Waals surface area contributed by atoms with Crippen LogP contribution < -0.4 is 5.32 Å². The van der Waals surface area contributed by atoms with Crippen molar-refractivity contribution >= 4 is 23.3 Å². The lowest BCUT2D eigenvalue weighted by atomic mass is 10.1. The highest BCUT2D eigenvalue weighted by atomic mass is 32.2. The lowest BCUT2D eigenvalue weighted by Gasteiger charge is -2.22. The zero-order chi connectivity index (χ0) is 12.2. The van der Waals surface area contributed by atoms with Crippen LogP contribution in [-0.2, 0) is 0 Å². The first-order valence-corrected chi connectivity index (χ1v) is 6.99. The van der Waals surface area contributed by atoms with Crippen LogP contribution in [0.5, 0.6) is 0 Å². The van der Waals surface area contributed by atoms with Crippen molar-refractivity contribution in [2.24, 2.45) is 0 Å². The van der Waals surface area contributed by atoms with Crippen molar-refractivity contribution in [3.8, 4) is 0 Å². The van der Waals surface area contributed by atoms with Crippen LogP contribution in [0.2, 0.25) is 0 Å². The first kappa shape index (κ1) is 13.9. The predicted octanol–water partition coefficient (Wildman–Crippen LogP) is 1.69. The molecule has 0 aliphatic carbocycles. The van der Waals surface area contributed by atoms with E-state index in [-0.39, 0.29) is 11.6 Å². The molecule has 0 bridgehead atoms. The van der Waals surface area contributed by atoms with Gasteiger partial charge in [-0.1, -0.05) is 11.8 Å². The Balaban J connectivity index is 2.22. The molecule has 0 spiro atoms. The van der Waals surface area contributed by atoms with Gasteiger partial charge in [-0.3, -0.25) is 0 Å². The number of aromatic nitrogens is 2. The molecule has 0 fully saturated rings. The molecule has 1 rings (SSSR count). The van der Waals surface area contributed by atoms with E-state index in [1.54, 1.807) is 11.8 Å². The Morgan fingerprint density at radius 3 is 2.69 bits per heavy atom. The van der Waals surface area contributed by atoms with Crippen molar-refractivity contribution in [3.05, 3.63) is 5.82 Å². The lowest BCUT2D eigenvalue weighted by Crippen LogP contribution is -2.41. The maximum absolute atomic E-state index is 9.75. The third kappa shape index (κ3) is 5.79. The summed E-state index contributed by atoms with van der Waals surface area (Å²) < 4.78 is 5.02. The summed E-state index contributed by atoms with van der Waals surface area (Å²) >= 11 is 2.94. The molecule has 0 aliphatic rings. The predicted molar refractivity (Wildman–Crippen MR) is 69.1 cm³/mol. The van der Waals surface area contributed by atoms with Gasteiger partial charge < -0.3 is 10.4 Å². The number of nitrogens with one attached hydrogen (secondary N) is 1. The Hall–Kier alpha value is -0.170. The Labute approximate surface area is 105 Å². The van der Waals surface area contributed by atoms with Crippen LogP contribution in [0.3, 0.4) is 0 Å². The Kier molecular flexibility index (Phi) is 5.17. The minimum Gasteiger partial charge on any atom is -0.391 e. The molecule has 0 radical (unpaired) electrons. The Morgan fingerprint density at radius 1 is 1.50 bits per heavy atom. The first-order valence-electron chi connectivity index (χ1n) is 5.23. The zero-order valence-corrected chi connectivity index (χ0v) is 11.8. The second-order valence-electron chi connectivity index (χ2n) is 4.70. The molecule has 0 saturated carbocycles. The number of β-amino-alcohol motifs (C(OH)–C–C–N with tert-alkyl or cyclic N) is 1. The average molecular weight is 261 g/mol. The molecule has 1 aromatic rings. The summed E-state index contributed by atoms with van der Waals surface area (Å²) in [7, 11) is 0. The molecule has 0 saturated heterocycles. The Bertz CT molecular complexity index is 322. The number of nitrogens with zero attached hydrogens (tertiary/aromatic N) is 2. The van der Waals surface area contributed by atoms with Gasteiger partial charge in [0.2, 0.25) is 0 Å². The molecule has 6 heteroatoms. The maximum Gasteiger partial charge on any atom is 0.170 e. The summed E-state index contributed by atoms with van der Waals surface area (Å²) in [6.07, 6.45) is -0.353. The van der Waals surface area contributed by atoms with Crippen LogP contribution in [0.1, 0.15) is 26.6 Å². The van der Waals surface area contributed by atoms with Crippen LogP contribution in [0.15, 0.2) is 4.34 Å². The number of aryl methyl sites for hydroxylation is 1. The minimum atomic E-state index is -0.353. The zero-order valence-electron chi connectivity index (χ0n) is 10.1. The maximum atomic E-state index is 9.75. The monoisotopic (exact) mass is 261 g/mol. The van der Waals surface area contributed by atoms with Gasteiger partial charge in [0, 0.05) is 17.8 Å². The second kappa shape index (κ2) is 5.95.